The Hall–Kier alpha value is -1.32. The smallest absolute Gasteiger partial charge is 0.125 e. The number of benzene rings is 1. The summed E-state index contributed by atoms with van der Waals surface area (Å²) in [5.74, 6) is 1.01. The van der Waals surface area contributed by atoms with Gasteiger partial charge < -0.3 is 14.8 Å². The third kappa shape index (κ3) is 4.87. The van der Waals surface area contributed by atoms with Crippen LogP contribution < -0.4 is 10.1 Å². The zero-order valence-electron chi connectivity index (χ0n) is 13.3. The lowest BCUT2D eigenvalue weighted by atomic mass is 10.0. The van der Waals surface area contributed by atoms with E-state index in [1.165, 1.54) is 29.5 Å². The third-order valence-corrected chi connectivity index (χ3v) is 3.78. The van der Waals surface area contributed by atoms with Crippen molar-refractivity contribution in [2.75, 3.05) is 26.3 Å². The van der Waals surface area contributed by atoms with E-state index >= 15 is 0 Å². The van der Waals surface area contributed by atoms with E-state index in [9.17, 15) is 0 Å². The van der Waals surface area contributed by atoms with Crippen LogP contribution in [0, 0.1) is 13.8 Å². The minimum Gasteiger partial charge on any atom is -0.492 e. The largest absolute Gasteiger partial charge is 0.492 e. The first-order valence-electron chi connectivity index (χ1n) is 7.87. The molecule has 1 aromatic carbocycles. The molecule has 0 bridgehead atoms. The standard InChI is InChI=1S/C18H27NO2/c1-4-6-16-12-14(2)11-15(3)18(16)21-10-8-19-13-17-7-5-9-20-17/h4,11-12,17,19H,1,5-10,13H2,2-3H3/t17-/m1/s1. The Morgan fingerprint density at radius 3 is 3.00 bits per heavy atom. The van der Waals surface area contributed by atoms with Crippen molar-refractivity contribution in [3.8, 4) is 5.75 Å². The summed E-state index contributed by atoms with van der Waals surface area (Å²) in [6.07, 6.45) is 5.53. The van der Waals surface area contributed by atoms with Crippen molar-refractivity contribution >= 4 is 0 Å². The first kappa shape index (κ1) is 16.1. The second-order valence-corrected chi connectivity index (χ2v) is 5.75. The van der Waals surface area contributed by atoms with Gasteiger partial charge in [0.2, 0.25) is 0 Å². The van der Waals surface area contributed by atoms with Crippen LogP contribution in [0.25, 0.3) is 0 Å². The van der Waals surface area contributed by atoms with Crippen molar-refractivity contribution in [2.24, 2.45) is 0 Å². The van der Waals surface area contributed by atoms with Crippen molar-refractivity contribution in [3.63, 3.8) is 0 Å². The molecule has 1 aliphatic heterocycles. The average Bonchev–Trinajstić information content (AvgIpc) is 2.94. The van der Waals surface area contributed by atoms with Crippen LogP contribution in [0.2, 0.25) is 0 Å². The lowest BCUT2D eigenvalue weighted by Gasteiger charge is -2.16. The second kappa shape index (κ2) is 8.20. The lowest BCUT2D eigenvalue weighted by molar-refractivity contribution is 0.109. The molecule has 0 radical (unpaired) electrons. The quantitative estimate of drug-likeness (QED) is 0.589. The van der Waals surface area contributed by atoms with Gasteiger partial charge in [-0.05, 0) is 44.2 Å². The van der Waals surface area contributed by atoms with Crippen LogP contribution in [-0.2, 0) is 11.2 Å². The Morgan fingerprint density at radius 2 is 2.29 bits per heavy atom. The summed E-state index contributed by atoms with van der Waals surface area (Å²) < 4.78 is 11.6. The van der Waals surface area contributed by atoms with E-state index in [1.807, 2.05) is 6.08 Å². The molecule has 0 aromatic heterocycles. The van der Waals surface area contributed by atoms with Gasteiger partial charge in [-0.2, -0.15) is 0 Å². The molecule has 1 heterocycles. The van der Waals surface area contributed by atoms with Gasteiger partial charge in [0, 0.05) is 19.7 Å². The molecule has 0 aliphatic carbocycles. The van der Waals surface area contributed by atoms with Crippen LogP contribution in [0.5, 0.6) is 5.75 Å². The predicted molar refractivity (Wildman–Crippen MR) is 87.2 cm³/mol. The summed E-state index contributed by atoms with van der Waals surface area (Å²) in [6.45, 7) is 11.4. The molecule has 1 N–H and O–H groups in total. The highest BCUT2D eigenvalue weighted by Gasteiger charge is 2.14. The van der Waals surface area contributed by atoms with Gasteiger partial charge in [-0.1, -0.05) is 23.8 Å². The minimum atomic E-state index is 0.391. The molecular weight excluding hydrogens is 262 g/mol. The summed E-state index contributed by atoms with van der Waals surface area (Å²) in [5.41, 5.74) is 3.70. The van der Waals surface area contributed by atoms with E-state index in [4.69, 9.17) is 9.47 Å². The van der Waals surface area contributed by atoms with E-state index in [0.29, 0.717) is 12.7 Å². The minimum absolute atomic E-state index is 0.391. The van der Waals surface area contributed by atoms with Gasteiger partial charge in [0.25, 0.3) is 0 Å². The molecule has 3 nitrogen and oxygen atoms in total. The first-order chi connectivity index (χ1) is 10.2. The summed E-state index contributed by atoms with van der Waals surface area (Å²) in [4.78, 5) is 0. The number of ether oxygens (including phenoxy) is 2. The van der Waals surface area contributed by atoms with E-state index < -0.39 is 0 Å². The summed E-state index contributed by atoms with van der Waals surface area (Å²) >= 11 is 0. The molecule has 116 valence electrons. The van der Waals surface area contributed by atoms with Gasteiger partial charge >= 0.3 is 0 Å². The molecule has 2 rings (SSSR count). The SMILES string of the molecule is C=CCc1cc(C)cc(C)c1OCCNC[C@H]1CCCO1. The fraction of sp³-hybridized carbons (Fsp3) is 0.556. The van der Waals surface area contributed by atoms with Crippen molar-refractivity contribution in [3.05, 3.63) is 41.5 Å². The molecule has 1 fully saturated rings. The van der Waals surface area contributed by atoms with Gasteiger partial charge in [-0.25, -0.2) is 0 Å². The van der Waals surface area contributed by atoms with E-state index in [-0.39, 0.29) is 0 Å². The molecule has 0 unspecified atom stereocenters. The van der Waals surface area contributed by atoms with Gasteiger partial charge in [0.15, 0.2) is 0 Å². The monoisotopic (exact) mass is 289 g/mol. The Morgan fingerprint density at radius 1 is 1.43 bits per heavy atom. The van der Waals surface area contributed by atoms with Crippen LogP contribution in [-0.4, -0.2) is 32.4 Å². The van der Waals surface area contributed by atoms with Gasteiger partial charge in [0.1, 0.15) is 12.4 Å². The van der Waals surface area contributed by atoms with Crippen molar-refractivity contribution < 1.29 is 9.47 Å². The number of allylic oxidation sites excluding steroid dienone is 1. The molecule has 21 heavy (non-hydrogen) atoms. The molecule has 3 heteroatoms. The second-order valence-electron chi connectivity index (χ2n) is 5.75. The van der Waals surface area contributed by atoms with Crippen molar-refractivity contribution in [1.29, 1.82) is 0 Å². The zero-order chi connectivity index (χ0) is 15.1. The number of hydrogen-bond donors (Lipinski definition) is 1. The van der Waals surface area contributed by atoms with Crippen LogP contribution in [0.1, 0.15) is 29.5 Å². The Bertz CT molecular complexity index is 465. The van der Waals surface area contributed by atoms with Crippen molar-refractivity contribution in [1.82, 2.24) is 5.32 Å². The third-order valence-electron chi connectivity index (χ3n) is 3.78. The fourth-order valence-electron chi connectivity index (χ4n) is 2.85. The molecule has 1 aromatic rings. The molecule has 1 aliphatic rings. The molecule has 0 spiro atoms. The maximum Gasteiger partial charge on any atom is 0.125 e. The summed E-state index contributed by atoms with van der Waals surface area (Å²) in [6, 6.07) is 4.35. The Kier molecular flexibility index (Phi) is 6.27. The highest BCUT2D eigenvalue weighted by atomic mass is 16.5. The van der Waals surface area contributed by atoms with Gasteiger partial charge in [-0.15, -0.1) is 6.58 Å². The fourth-order valence-corrected chi connectivity index (χ4v) is 2.85. The zero-order valence-corrected chi connectivity index (χ0v) is 13.3. The number of aryl methyl sites for hydroxylation is 2. The van der Waals surface area contributed by atoms with Crippen LogP contribution in [0.15, 0.2) is 24.8 Å². The maximum atomic E-state index is 5.99. The van der Waals surface area contributed by atoms with Gasteiger partial charge in [0.05, 0.1) is 6.10 Å². The molecule has 1 saturated heterocycles. The van der Waals surface area contributed by atoms with Crippen LogP contribution >= 0.6 is 0 Å². The predicted octanol–water partition coefficient (Wildman–Crippen LogP) is 3.18. The van der Waals surface area contributed by atoms with Gasteiger partial charge in [-0.3, -0.25) is 0 Å². The molecule has 0 amide bonds. The van der Waals surface area contributed by atoms with E-state index in [2.05, 4.69) is 37.9 Å². The van der Waals surface area contributed by atoms with Crippen LogP contribution in [0.3, 0.4) is 0 Å². The van der Waals surface area contributed by atoms with E-state index in [0.717, 1.165) is 31.9 Å². The Balaban J connectivity index is 1.80. The number of hydrogen-bond acceptors (Lipinski definition) is 3. The van der Waals surface area contributed by atoms with Crippen molar-refractivity contribution in [2.45, 2.75) is 39.2 Å². The summed E-state index contributed by atoms with van der Waals surface area (Å²) in [5, 5.41) is 3.41. The number of nitrogens with one attached hydrogen (secondary N) is 1. The highest BCUT2D eigenvalue weighted by Crippen LogP contribution is 2.26. The molecule has 0 saturated carbocycles. The lowest BCUT2D eigenvalue weighted by Crippen LogP contribution is -2.29. The molecular formula is C18H27NO2. The van der Waals surface area contributed by atoms with Crippen LogP contribution in [0.4, 0.5) is 0 Å². The molecule has 1 atom stereocenters. The first-order valence-corrected chi connectivity index (χ1v) is 7.87. The topological polar surface area (TPSA) is 30.5 Å². The highest BCUT2D eigenvalue weighted by molar-refractivity contribution is 5.44. The number of rotatable bonds is 8. The maximum absolute atomic E-state index is 5.99. The Labute approximate surface area is 128 Å². The normalized spacial score (nSPS) is 17.9. The van der Waals surface area contributed by atoms with E-state index in [1.54, 1.807) is 0 Å². The average molecular weight is 289 g/mol. The summed E-state index contributed by atoms with van der Waals surface area (Å²) in [7, 11) is 0.